The van der Waals surface area contributed by atoms with E-state index in [1.54, 1.807) is 47.3 Å². The fourth-order valence-electron chi connectivity index (χ4n) is 6.73. The Kier molecular flexibility index (Phi) is 6.50. The van der Waals surface area contributed by atoms with Crippen LogP contribution in [-0.4, -0.2) is 33.3 Å². The third-order valence-electron chi connectivity index (χ3n) is 8.89. The van der Waals surface area contributed by atoms with Crippen molar-refractivity contribution in [1.82, 2.24) is 9.78 Å². The molecule has 204 valence electrons. The minimum Gasteiger partial charge on any atom is -0.395 e. The lowest BCUT2D eigenvalue weighted by atomic mass is 9.58. The van der Waals surface area contributed by atoms with Crippen LogP contribution in [0.1, 0.15) is 48.8 Å². The average molecular weight is 539 g/mol. The maximum absolute atomic E-state index is 14.7. The minimum atomic E-state index is -4.53. The molecule has 0 spiro atoms. The van der Waals surface area contributed by atoms with E-state index in [0.717, 1.165) is 27.7 Å². The topological polar surface area (TPSA) is 47.3 Å². The van der Waals surface area contributed by atoms with Crippen LogP contribution >= 0.6 is 0 Å². The third-order valence-corrected chi connectivity index (χ3v) is 8.89. The Labute approximate surface area is 224 Å². The summed E-state index contributed by atoms with van der Waals surface area (Å²) in [5.41, 5.74) is 1.16. The predicted molar refractivity (Wildman–Crippen MR) is 140 cm³/mol. The van der Waals surface area contributed by atoms with Crippen molar-refractivity contribution in [3.05, 3.63) is 95.4 Å². The van der Waals surface area contributed by atoms with Gasteiger partial charge in [-0.2, -0.15) is 18.3 Å². The highest BCUT2D eigenvalue weighted by Gasteiger charge is 2.62. The molecule has 8 heteroatoms. The number of benzene rings is 3. The van der Waals surface area contributed by atoms with Gasteiger partial charge in [0.2, 0.25) is 0 Å². The first-order valence-corrected chi connectivity index (χ1v) is 13.4. The van der Waals surface area contributed by atoms with E-state index >= 15 is 0 Å². The van der Waals surface area contributed by atoms with Crippen LogP contribution in [-0.2, 0) is 23.2 Å². The zero-order valence-electron chi connectivity index (χ0n) is 21.4. The molecule has 0 amide bonds. The standard InChI is InChI=1S/C31H30F4N2O2/c32-25-9-11-26(12-10-25)37-28-16-22-7-4-8-24-17-30(31(33,34)35,39-19-21-5-2-1-3-6-21)14-13-29(24,20-38)27(22)15-23(28)18-36-37/h1-3,5-6,9-12,15-16,18,24,38H,4,7-8,13-14,17,19-20H2. The van der Waals surface area contributed by atoms with Gasteiger partial charge in [-0.15, -0.1) is 0 Å². The van der Waals surface area contributed by atoms with Gasteiger partial charge in [0, 0.05) is 10.8 Å². The molecule has 2 aliphatic rings. The van der Waals surface area contributed by atoms with Crippen LogP contribution in [0.2, 0.25) is 0 Å². The van der Waals surface area contributed by atoms with Crippen molar-refractivity contribution in [2.24, 2.45) is 5.92 Å². The Balaban J connectivity index is 1.37. The summed E-state index contributed by atoms with van der Waals surface area (Å²) in [4.78, 5) is 0. The molecule has 3 atom stereocenters. The van der Waals surface area contributed by atoms with Crippen LogP contribution < -0.4 is 0 Å². The first-order valence-electron chi connectivity index (χ1n) is 13.4. The second kappa shape index (κ2) is 9.75. The average Bonchev–Trinajstić information content (AvgIpc) is 3.28. The van der Waals surface area contributed by atoms with Gasteiger partial charge in [-0.05, 0) is 97.5 Å². The smallest absolute Gasteiger partial charge is 0.395 e. The highest BCUT2D eigenvalue weighted by molar-refractivity contribution is 5.82. The summed E-state index contributed by atoms with van der Waals surface area (Å²) >= 11 is 0. The lowest BCUT2D eigenvalue weighted by Crippen LogP contribution is -2.57. The largest absolute Gasteiger partial charge is 0.417 e. The predicted octanol–water partition coefficient (Wildman–Crippen LogP) is 7.05. The Bertz CT molecular complexity index is 1470. The Morgan fingerprint density at radius 2 is 1.79 bits per heavy atom. The van der Waals surface area contributed by atoms with E-state index in [9.17, 15) is 22.7 Å². The first-order chi connectivity index (χ1) is 18.7. The number of aryl methyl sites for hydroxylation is 1. The van der Waals surface area contributed by atoms with Crippen molar-refractivity contribution >= 4 is 10.9 Å². The zero-order valence-corrected chi connectivity index (χ0v) is 21.4. The molecular weight excluding hydrogens is 508 g/mol. The highest BCUT2D eigenvalue weighted by Crippen LogP contribution is 2.57. The lowest BCUT2D eigenvalue weighted by molar-refractivity contribution is -0.301. The van der Waals surface area contributed by atoms with Gasteiger partial charge in [0.1, 0.15) is 5.82 Å². The van der Waals surface area contributed by atoms with E-state index in [1.807, 2.05) is 18.2 Å². The number of halogens is 4. The molecule has 39 heavy (non-hydrogen) atoms. The second-order valence-corrected chi connectivity index (χ2v) is 11.0. The molecule has 2 aliphatic carbocycles. The van der Waals surface area contributed by atoms with Crippen molar-refractivity contribution < 1.29 is 27.4 Å². The molecule has 0 saturated heterocycles. The quantitative estimate of drug-likeness (QED) is 0.277. The molecule has 0 radical (unpaired) electrons. The molecule has 6 rings (SSSR count). The normalized spacial score (nSPS) is 25.2. The van der Waals surface area contributed by atoms with Crippen molar-refractivity contribution in [2.75, 3.05) is 6.61 Å². The third kappa shape index (κ3) is 4.43. The van der Waals surface area contributed by atoms with Crippen LogP contribution in [0.4, 0.5) is 17.6 Å². The molecule has 1 aromatic heterocycles. The molecule has 4 nitrogen and oxygen atoms in total. The van der Waals surface area contributed by atoms with Gasteiger partial charge in [-0.3, -0.25) is 0 Å². The zero-order chi connectivity index (χ0) is 27.3. The van der Waals surface area contributed by atoms with Gasteiger partial charge < -0.3 is 9.84 Å². The number of nitrogens with zero attached hydrogens (tertiary/aromatic N) is 2. The summed E-state index contributed by atoms with van der Waals surface area (Å²) < 4.78 is 65.0. The van der Waals surface area contributed by atoms with Gasteiger partial charge in [0.25, 0.3) is 0 Å². The molecule has 4 aromatic rings. The van der Waals surface area contributed by atoms with Crippen molar-refractivity contribution in [3.63, 3.8) is 0 Å². The molecule has 1 heterocycles. The number of aromatic nitrogens is 2. The monoisotopic (exact) mass is 538 g/mol. The Hall–Kier alpha value is -3.23. The van der Waals surface area contributed by atoms with Crippen molar-refractivity contribution in [2.45, 2.75) is 62.3 Å². The number of alkyl halides is 3. The van der Waals surface area contributed by atoms with Crippen LogP contribution in [0.15, 0.2) is 72.9 Å². The molecule has 1 fully saturated rings. The molecule has 1 saturated carbocycles. The Morgan fingerprint density at radius 3 is 2.51 bits per heavy atom. The maximum Gasteiger partial charge on any atom is 0.417 e. The van der Waals surface area contributed by atoms with Crippen LogP contribution in [0.25, 0.3) is 16.6 Å². The maximum atomic E-state index is 14.7. The van der Waals surface area contributed by atoms with Crippen molar-refractivity contribution in [3.8, 4) is 5.69 Å². The fourth-order valence-corrected chi connectivity index (χ4v) is 6.73. The number of aliphatic hydroxyl groups is 1. The molecule has 1 N–H and O–H groups in total. The van der Waals surface area contributed by atoms with Crippen molar-refractivity contribution in [1.29, 1.82) is 0 Å². The summed E-state index contributed by atoms with van der Waals surface area (Å²) in [5.74, 6) is -0.723. The van der Waals surface area contributed by atoms with E-state index < -0.39 is 17.2 Å². The summed E-state index contributed by atoms with van der Waals surface area (Å²) in [5, 5.41) is 16.2. The SMILES string of the molecule is OCC12CCC(OCc3ccccc3)(C(F)(F)F)CC1CCCc1cc3c(cnn3-c3ccc(F)cc3)cc12. The molecule has 3 aromatic carbocycles. The van der Waals surface area contributed by atoms with Gasteiger partial charge in [-0.1, -0.05) is 30.3 Å². The summed E-state index contributed by atoms with van der Waals surface area (Å²) in [6, 6.07) is 19.1. The summed E-state index contributed by atoms with van der Waals surface area (Å²) in [6.45, 7) is -0.339. The second-order valence-electron chi connectivity index (χ2n) is 11.0. The van der Waals surface area contributed by atoms with Crippen LogP contribution in [0.5, 0.6) is 0 Å². The van der Waals surface area contributed by atoms with E-state index in [0.29, 0.717) is 24.8 Å². The van der Waals surface area contributed by atoms with E-state index in [2.05, 4.69) is 5.10 Å². The van der Waals surface area contributed by atoms with Crippen LogP contribution in [0, 0.1) is 11.7 Å². The number of ether oxygens (including phenoxy) is 1. The highest BCUT2D eigenvalue weighted by atomic mass is 19.4. The van der Waals surface area contributed by atoms with Crippen LogP contribution in [0.3, 0.4) is 0 Å². The van der Waals surface area contributed by atoms with E-state index in [-0.39, 0.29) is 44.2 Å². The number of rotatable bonds is 5. The molecular formula is C31H30F4N2O2. The van der Waals surface area contributed by atoms with E-state index in [4.69, 9.17) is 4.74 Å². The van der Waals surface area contributed by atoms with Gasteiger partial charge in [-0.25, -0.2) is 9.07 Å². The molecule has 0 bridgehead atoms. The van der Waals surface area contributed by atoms with Gasteiger partial charge >= 0.3 is 6.18 Å². The summed E-state index contributed by atoms with van der Waals surface area (Å²) in [7, 11) is 0. The number of aliphatic hydroxyl groups excluding tert-OH is 1. The summed E-state index contributed by atoms with van der Waals surface area (Å²) in [6.07, 6.45) is -1.06. The van der Waals surface area contributed by atoms with Gasteiger partial charge in [0.05, 0.1) is 30.6 Å². The number of hydrogen-bond donors (Lipinski definition) is 1. The molecule has 0 aliphatic heterocycles. The Morgan fingerprint density at radius 1 is 1.03 bits per heavy atom. The van der Waals surface area contributed by atoms with Gasteiger partial charge in [0.15, 0.2) is 5.60 Å². The van der Waals surface area contributed by atoms with E-state index in [1.165, 1.54) is 12.1 Å². The minimum absolute atomic E-state index is 0.112. The molecule has 3 unspecified atom stereocenters. The number of hydrogen-bond acceptors (Lipinski definition) is 3. The fraction of sp³-hybridized carbons (Fsp3) is 0.387. The lowest BCUT2D eigenvalue weighted by Gasteiger charge is -2.51. The first kappa shape index (κ1) is 26.0. The number of fused-ring (bicyclic) bond motifs is 4.